The van der Waals surface area contributed by atoms with E-state index in [0.717, 1.165) is 6.42 Å². The topological polar surface area (TPSA) is 29.5 Å². The first-order valence-electron chi connectivity index (χ1n) is 5.92. The molecule has 0 aliphatic carbocycles. The Labute approximate surface area is 100 Å². The zero-order chi connectivity index (χ0) is 12.8. The van der Waals surface area contributed by atoms with Gasteiger partial charge in [-0.15, -0.1) is 0 Å². The van der Waals surface area contributed by atoms with Crippen LogP contribution in [0.1, 0.15) is 33.3 Å². The molecular formula is C14H26O2. The standard InChI is InChI=1S/C8H10.C4H10O2.C2H6/c1-2-8-6-4-3-5-7-8;1-4(3-5)6-2;1-2/h3-7H,2H2,1H3;4-5H,3H2,1-2H3;1-2H3. The summed E-state index contributed by atoms with van der Waals surface area (Å²) in [6.07, 6.45) is 1.13. The predicted molar refractivity (Wildman–Crippen MR) is 70.7 cm³/mol. The molecule has 0 bridgehead atoms. The molecule has 0 radical (unpaired) electrons. The van der Waals surface area contributed by atoms with Gasteiger partial charge in [-0.25, -0.2) is 0 Å². The molecular weight excluding hydrogens is 200 g/mol. The largest absolute Gasteiger partial charge is 0.394 e. The lowest BCUT2D eigenvalue weighted by molar-refractivity contribution is 0.0623. The SMILES string of the molecule is CC.CCc1ccccc1.COC(C)CO. The van der Waals surface area contributed by atoms with Crippen molar-refractivity contribution in [3.63, 3.8) is 0 Å². The molecule has 94 valence electrons. The van der Waals surface area contributed by atoms with Crippen molar-refractivity contribution in [2.45, 2.75) is 40.2 Å². The molecule has 0 saturated carbocycles. The monoisotopic (exact) mass is 226 g/mol. The van der Waals surface area contributed by atoms with Crippen LogP contribution in [0.25, 0.3) is 0 Å². The first kappa shape index (κ1) is 17.5. The second kappa shape index (κ2) is 14.1. The van der Waals surface area contributed by atoms with Gasteiger partial charge in [0.1, 0.15) is 0 Å². The minimum Gasteiger partial charge on any atom is -0.394 e. The molecule has 1 aromatic carbocycles. The molecule has 0 heterocycles. The fourth-order valence-corrected chi connectivity index (χ4v) is 0.788. The zero-order valence-electron chi connectivity index (χ0n) is 11.2. The van der Waals surface area contributed by atoms with Crippen molar-refractivity contribution >= 4 is 0 Å². The van der Waals surface area contributed by atoms with Gasteiger partial charge in [-0.1, -0.05) is 51.1 Å². The van der Waals surface area contributed by atoms with E-state index in [1.54, 1.807) is 14.0 Å². The molecule has 1 aromatic rings. The molecule has 0 saturated heterocycles. The molecule has 0 aliphatic heterocycles. The molecule has 16 heavy (non-hydrogen) atoms. The van der Waals surface area contributed by atoms with Gasteiger partial charge in [-0.2, -0.15) is 0 Å². The van der Waals surface area contributed by atoms with Crippen LogP contribution in [-0.4, -0.2) is 24.9 Å². The maximum absolute atomic E-state index is 8.21. The second-order valence-corrected chi connectivity index (χ2v) is 3.07. The summed E-state index contributed by atoms with van der Waals surface area (Å²) in [5, 5.41) is 8.21. The van der Waals surface area contributed by atoms with E-state index < -0.39 is 0 Å². The van der Waals surface area contributed by atoms with Crippen molar-refractivity contribution in [1.29, 1.82) is 0 Å². The summed E-state index contributed by atoms with van der Waals surface area (Å²) in [7, 11) is 1.57. The predicted octanol–water partition coefficient (Wildman–Crippen LogP) is 3.29. The average molecular weight is 226 g/mol. The van der Waals surface area contributed by atoms with Gasteiger partial charge in [0.05, 0.1) is 12.7 Å². The number of aryl methyl sites for hydroxylation is 1. The lowest BCUT2D eigenvalue weighted by atomic mass is 10.2. The fourth-order valence-electron chi connectivity index (χ4n) is 0.788. The molecule has 0 aromatic heterocycles. The number of ether oxygens (including phenoxy) is 1. The van der Waals surface area contributed by atoms with Crippen LogP contribution in [0, 0.1) is 0 Å². The van der Waals surface area contributed by atoms with Crippen LogP contribution in [0.2, 0.25) is 0 Å². The Hall–Kier alpha value is -0.860. The van der Waals surface area contributed by atoms with Gasteiger partial charge < -0.3 is 9.84 Å². The number of hydrogen-bond acceptors (Lipinski definition) is 2. The van der Waals surface area contributed by atoms with Crippen LogP contribution in [0.3, 0.4) is 0 Å². The van der Waals surface area contributed by atoms with Crippen LogP contribution < -0.4 is 0 Å². The normalized spacial score (nSPS) is 10.4. The highest BCUT2D eigenvalue weighted by Gasteiger charge is 1.90. The Bertz CT molecular complexity index is 205. The van der Waals surface area contributed by atoms with Crippen molar-refractivity contribution in [1.82, 2.24) is 0 Å². The quantitative estimate of drug-likeness (QED) is 0.857. The van der Waals surface area contributed by atoms with E-state index >= 15 is 0 Å². The smallest absolute Gasteiger partial charge is 0.0773 e. The molecule has 0 spiro atoms. The summed E-state index contributed by atoms with van der Waals surface area (Å²) in [6.45, 7) is 8.08. The van der Waals surface area contributed by atoms with Crippen molar-refractivity contribution in [2.24, 2.45) is 0 Å². The van der Waals surface area contributed by atoms with Gasteiger partial charge in [-0.3, -0.25) is 0 Å². The van der Waals surface area contributed by atoms with Crippen molar-refractivity contribution in [3.05, 3.63) is 35.9 Å². The summed E-state index contributed by atoms with van der Waals surface area (Å²) in [5.41, 5.74) is 1.41. The first-order chi connectivity index (χ1) is 7.74. The number of aliphatic hydroxyl groups is 1. The Balaban J connectivity index is 0. The van der Waals surface area contributed by atoms with Crippen LogP contribution in [0.4, 0.5) is 0 Å². The van der Waals surface area contributed by atoms with E-state index in [9.17, 15) is 0 Å². The zero-order valence-corrected chi connectivity index (χ0v) is 11.2. The lowest BCUT2D eigenvalue weighted by Crippen LogP contribution is -2.08. The highest BCUT2D eigenvalue weighted by Crippen LogP contribution is 1.96. The number of methoxy groups -OCH3 is 1. The summed E-state index contributed by atoms with van der Waals surface area (Å²) < 4.78 is 4.65. The van der Waals surface area contributed by atoms with E-state index in [0.29, 0.717) is 0 Å². The van der Waals surface area contributed by atoms with Crippen LogP contribution >= 0.6 is 0 Å². The molecule has 0 amide bonds. The Morgan fingerprint density at radius 3 is 1.88 bits per heavy atom. The van der Waals surface area contributed by atoms with Crippen molar-refractivity contribution in [2.75, 3.05) is 13.7 Å². The third-order valence-corrected chi connectivity index (χ3v) is 1.91. The minimum atomic E-state index is -0.00926. The molecule has 0 aliphatic rings. The van der Waals surface area contributed by atoms with E-state index in [1.165, 1.54) is 5.56 Å². The molecule has 1 unspecified atom stereocenters. The van der Waals surface area contributed by atoms with Gasteiger partial charge in [0.15, 0.2) is 0 Å². The maximum Gasteiger partial charge on any atom is 0.0773 e. The van der Waals surface area contributed by atoms with Crippen molar-refractivity contribution in [3.8, 4) is 0 Å². The Kier molecular flexibility index (Phi) is 15.5. The molecule has 1 atom stereocenters. The average Bonchev–Trinajstić information content (AvgIpc) is 2.41. The lowest BCUT2D eigenvalue weighted by Gasteiger charge is -2.00. The fraction of sp³-hybridized carbons (Fsp3) is 0.571. The minimum absolute atomic E-state index is 0.00926. The number of aliphatic hydroxyl groups excluding tert-OH is 1. The van der Waals surface area contributed by atoms with Gasteiger partial charge in [0.2, 0.25) is 0 Å². The molecule has 2 heteroatoms. The number of rotatable bonds is 3. The Morgan fingerprint density at radius 1 is 1.19 bits per heavy atom. The summed E-state index contributed by atoms with van der Waals surface area (Å²) in [5.74, 6) is 0. The Morgan fingerprint density at radius 2 is 1.69 bits per heavy atom. The molecule has 0 fully saturated rings. The van der Waals surface area contributed by atoms with E-state index in [1.807, 2.05) is 19.9 Å². The number of benzene rings is 1. The van der Waals surface area contributed by atoms with Crippen molar-refractivity contribution < 1.29 is 9.84 Å². The molecule has 1 N–H and O–H groups in total. The molecule has 1 rings (SSSR count). The van der Waals surface area contributed by atoms with Crippen LogP contribution in [0.15, 0.2) is 30.3 Å². The molecule has 2 nitrogen and oxygen atoms in total. The highest BCUT2D eigenvalue weighted by atomic mass is 16.5. The van der Waals surface area contributed by atoms with Gasteiger partial charge in [0, 0.05) is 7.11 Å². The number of hydrogen-bond donors (Lipinski definition) is 1. The third kappa shape index (κ3) is 11.2. The summed E-state index contributed by atoms with van der Waals surface area (Å²) in [6, 6.07) is 10.5. The summed E-state index contributed by atoms with van der Waals surface area (Å²) in [4.78, 5) is 0. The van der Waals surface area contributed by atoms with E-state index in [2.05, 4.69) is 35.9 Å². The van der Waals surface area contributed by atoms with E-state index in [-0.39, 0.29) is 12.7 Å². The van der Waals surface area contributed by atoms with E-state index in [4.69, 9.17) is 5.11 Å². The second-order valence-electron chi connectivity index (χ2n) is 3.07. The highest BCUT2D eigenvalue weighted by molar-refractivity contribution is 5.13. The van der Waals surface area contributed by atoms with Gasteiger partial charge >= 0.3 is 0 Å². The van der Waals surface area contributed by atoms with Gasteiger partial charge in [-0.05, 0) is 18.9 Å². The maximum atomic E-state index is 8.21. The van der Waals surface area contributed by atoms with Crippen LogP contribution in [-0.2, 0) is 11.2 Å². The van der Waals surface area contributed by atoms with Crippen LogP contribution in [0.5, 0.6) is 0 Å². The summed E-state index contributed by atoms with van der Waals surface area (Å²) >= 11 is 0. The third-order valence-electron chi connectivity index (χ3n) is 1.91. The van der Waals surface area contributed by atoms with Gasteiger partial charge in [0.25, 0.3) is 0 Å². The first-order valence-corrected chi connectivity index (χ1v) is 5.92.